The zero-order chi connectivity index (χ0) is 10.8. The first-order valence-electron chi connectivity index (χ1n) is 5.50. The van der Waals surface area contributed by atoms with E-state index in [1.807, 2.05) is 0 Å². The lowest BCUT2D eigenvalue weighted by atomic mass is 9.86. The van der Waals surface area contributed by atoms with Crippen molar-refractivity contribution >= 4 is 32.4 Å². The number of thiazole rings is 1. The molecule has 4 heteroatoms. The summed E-state index contributed by atoms with van der Waals surface area (Å²) in [6, 6.07) is 0.687. The van der Waals surface area contributed by atoms with Gasteiger partial charge in [0.15, 0.2) is 5.13 Å². The van der Waals surface area contributed by atoms with Crippen LogP contribution in [0.25, 0.3) is 0 Å². The molecule has 1 aromatic heterocycles. The molecule has 0 N–H and O–H groups in total. The smallest absolute Gasteiger partial charge is 0.186 e. The molecular formula is C11H17BrN2S. The minimum absolute atomic E-state index is 0.687. The van der Waals surface area contributed by atoms with Crippen molar-refractivity contribution in [1.29, 1.82) is 0 Å². The van der Waals surface area contributed by atoms with Crippen LogP contribution in [0.1, 0.15) is 32.6 Å². The number of halogens is 1. The van der Waals surface area contributed by atoms with Crippen molar-refractivity contribution in [3.63, 3.8) is 0 Å². The van der Waals surface area contributed by atoms with Gasteiger partial charge in [0.2, 0.25) is 0 Å². The molecule has 0 aliphatic heterocycles. The zero-order valence-corrected chi connectivity index (χ0v) is 11.6. The highest BCUT2D eigenvalue weighted by molar-refractivity contribution is 9.10. The number of aromatic nitrogens is 1. The third-order valence-corrected chi connectivity index (χ3v) is 4.86. The van der Waals surface area contributed by atoms with Crippen LogP contribution in [-0.4, -0.2) is 18.1 Å². The summed E-state index contributed by atoms with van der Waals surface area (Å²) < 4.78 is 0.957. The largest absolute Gasteiger partial charge is 0.348 e. The molecule has 84 valence electrons. The molecule has 2 atom stereocenters. The van der Waals surface area contributed by atoms with Crippen molar-refractivity contribution in [2.75, 3.05) is 11.9 Å². The van der Waals surface area contributed by atoms with E-state index in [2.05, 4.69) is 45.2 Å². The van der Waals surface area contributed by atoms with E-state index in [1.54, 1.807) is 11.3 Å². The highest BCUT2D eigenvalue weighted by Gasteiger charge is 2.23. The van der Waals surface area contributed by atoms with Crippen LogP contribution in [0.5, 0.6) is 0 Å². The molecule has 0 saturated heterocycles. The summed E-state index contributed by atoms with van der Waals surface area (Å²) in [6.45, 7) is 2.36. The molecule has 0 radical (unpaired) electrons. The normalized spacial score (nSPS) is 26.6. The Morgan fingerprint density at radius 3 is 2.93 bits per heavy atom. The van der Waals surface area contributed by atoms with Gasteiger partial charge in [-0.05, 0) is 34.7 Å². The van der Waals surface area contributed by atoms with Gasteiger partial charge in [-0.25, -0.2) is 4.98 Å². The SMILES string of the molecule is CC1CCCC(N(C)c2nc(Br)cs2)C1. The molecule has 15 heavy (non-hydrogen) atoms. The van der Waals surface area contributed by atoms with Crippen LogP contribution in [0.2, 0.25) is 0 Å². The van der Waals surface area contributed by atoms with E-state index < -0.39 is 0 Å². The molecule has 0 amide bonds. The van der Waals surface area contributed by atoms with Crippen molar-refractivity contribution in [1.82, 2.24) is 4.98 Å². The molecule has 0 bridgehead atoms. The summed E-state index contributed by atoms with van der Waals surface area (Å²) in [7, 11) is 2.17. The summed E-state index contributed by atoms with van der Waals surface area (Å²) in [5.41, 5.74) is 0. The number of rotatable bonds is 2. The van der Waals surface area contributed by atoms with Gasteiger partial charge >= 0.3 is 0 Å². The summed E-state index contributed by atoms with van der Waals surface area (Å²) in [4.78, 5) is 6.82. The maximum Gasteiger partial charge on any atom is 0.186 e. The van der Waals surface area contributed by atoms with Crippen LogP contribution in [-0.2, 0) is 0 Å². The zero-order valence-electron chi connectivity index (χ0n) is 9.24. The van der Waals surface area contributed by atoms with Gasteiger partial charge in [0.05, 0.1) is 0 Å². The van der Waals surface area contributed by atoms with Gasteiger partial charge in [-0.1, -0.05) is 19.8 Å². The first-order chi connectivity index (χ1) is 7.16. The average molecular weight is 289 g/mol. The van der Waals surface area contributed by atoms with E-state index in [0.717, 1.165) is 15.7 Å². The maximum absolute atomic E-state index is 4.47. The van der Waals surface area contributed by atoms with Gasteiger partial charge in [-0.15, -0.1) is 11.3 Å². The third kappa shape index (κ3) is 2.72. The van der Waals surface area contributed by atoms with E-state index >= 15 is 0 Å². The molecule has 2 nitrogen and oxygen atoms in total. The first kappa shape index (κ1) is 11.4. The van der Waals surface area contributed by atoms with Gasteiger partial charge in [-0.2, -0.15) is 0 Å². The van der Waals surface area contributed by atoms with Gasteiger partial charge < -0.3 is 4.90 Å². The summed E-state index contributed by atoms with van der Waals surface area (Å²) in [6.07, 6.45) is 5.39. The van der Waals surface area contributed by atoms with E-state index in [-0.39, 0.29) is 0 Å². The van der Waals surface area contributed by atoms with Crippen molar-refractivity contribution in [3.8, 4) is 0 Å². The van der Waals surface area contributed by atoms with E-state index in [0.29, 0.717) is 6.04 Å². The lowest BCUT2D eigenvalue weighted by Gasteiger charge is -2.33. The molecule has 1 aliphatic rings. The first-order valence-corrected chi connectivity index (χ1v) is 7.18. The molecule has 0 aromatic carbocycles. The molecule has 1 saturated carbocycles. The van der Waals surface area contributed by atoms with Crippen molar-refractivity contribution in [2.24, 2.45) is 5.92 Å². The molecule has 2 unspecified atom stereocenters. The van der Waals surface area contributed by atoms with Crippen LogP contribution >= 0.6 is 27.3 Å². The lowest BCUT2D eigenvalue weighted by molar-refractivity contribution is 0.336. The number of hydrogen-bond acceptors (Lipinski definition) is 3. The highest BCUT2D eigenvalue weighted by atomic mass is 79.9. The van der Waals surface area contributed by atoms with Crippen LogP contribution in [0, 0.1) is 5.92 Å². The highest BCUT2D eigenvalue weighted by Crippen LogP contribution is 2.31. The van der Waals surface area contributed by atoms with E-state index in [1.165, 1.54) is 25.7 Å². The van der Waals surface area contributed by atoms with E-state index in [4.69, 9.17) is 0 Å². The number of hydrogen-bond donors (Lipinski definition) is 0. The fourth-order valence-electron chi connectivity index (χ4n) is 2.32. The number of anilines is 1. The Bertz CT molecular complexity index is 326. The summed E-state index contributed by atoms with van der Waals surface area (Å²) >= 11 is 5.13. The molecule has 1 aromatic rings. The average Bonchev–Trinajstić information content (AvgIpc) is 2.64. The van der Waals surface area contributed by atoms with Crippen molar-refractivity contribution in [3.05, 3.63) is 9.98 Å². The van der Waals surface area contributed by atoms with Gasteiger partial charge in [0.1, 0.15) is 4.60 Å². The fourth-order valence-corrected chi connectivity index (χ4v) is 3.60. The Labute approximate surface area is 104 Å². The van der Waals surface area contributed by atoms with E-state index in [9.17, 15) is 0 Å². The Morgan fingerprint density at radius 2 is 2.33 bits per heavy atom. The fraction of sp³-hybridized carbons (Fsp3) is 0.727. The number of nitrogens with zero attached hydrogens (tertiary/aromatic N) is 2. The third-order valence-electron chi connectivity index (χ3n) is 3.22. The van der Waals surface area contributed by atoms with Gasteiger partial charge in [-0.3, -0.25) is 0 Å². The second kappa shape index (κ2) is 4.83. The minimum Gasteiger partial charge on any atom is -0.348 e. The predicted octanol–water partition coefficient (Wildman–Crippen LogP) is 3.92. The van der Waals surface area contributed by atoms with Gasteiger partial charge in [0.25, 0.3) is 0 Å². The maximum atomic E-state index is 4.47. The minimum atomic E-state index is 0.687. The summed E-state index contributed by atoms with van der Waals surface area (Å²) in [5, 5.41) is 3.19. The lowest BCUT2D eigenvalue weighted by Crippen LogP contribution is -2.35. The molecule has 2 rings (SSSR count). The standard InChI is InChI=1S/C11H17BrN2S/c1-8-4-3-5-9(6-8)14(2)11-13-10(12)7-15-11/h7-9H,3-6H2,1-2H3. The van der Waals surface area contributed by atoms with Crippen LogP contribution in [0.4, 0.5) is 5.13 Å². The molecular weight excluding hydrogens is 272 g/mol. The topological polar surface area (TPSA) is 16.1 Å². The van der Waals surface area contributed by atoms with Crippen molar-refractivity contribution in [2.45, 2.75) is 38.6 Å². The van der Waals surface area contributed by atoms with Crippen LogP contribution in [0.3, 0.4) is 0 Å². The Hall–Kier alpha value is -0.0900. The second-order valence-electron chi connectivity index (χ2n) is 4.49. The summed E-state index contributed by atoms with van der Waals surface area (Å²) in [5.74, 6) is 0.870. The Balaban J connectivity index is 2.03. The molecule has 0 spiro atoms. The molecule has 1 heterocycles. The Morgan fingerprint density at radius 1 is 1.53 bits per heavy atom. The predicted molar refractivity (Wildman–Crippen MR) is 69.6 cm³/mol. The van der Waals surface area contributed by atoms with Gasteiger partial charge in [0, 0.05) is 18.5 Å². The quantitative estimate of drug-likeness (QED) is 0.820. The molecule has 1 fully saturated rings. The monoisotopic (exact) mass is 288 g/mol. The molecule has 1 aliphatic carbocycles. The second-order valence-corrected chi connectivity index (χ2v) is 6.14. The Kier molecular flexibility index (Phi) is 3.67. The van der Waals surface area contributed by atoms with Crippen LogP contribution in [0.15, 0.2) is 9.98 Å². The van der Waals surface area contributed by atoms with Crippen molar-refractivity contribution < 1.29 is 0 Å². The van der Waals surface area contributed by atoms with Crippen LogP contribution < -0.4 is 4.90 Å².